The van der Waals surface area contributed by atoms with Crippen LogP contribution >= 0.6 is 11.8 Å². The minimum Gasteiger partial charge on any atom is -0.496 e. The van der Waals surface area contributed by atoms with Crippen molar-refractivity contribution in [2.45, 2.75) is 25.0 Å². The quantitative estimate of drug-likeness (QED) is 0.775. The Morgan fingerprint density at radius 3 is 2.91 bits per heavy atom. The molecule has 6 heteroatoms. The number of hydrogen-bond donors (Lipinski definition) is 1. The molecule has 0 radical (unpaired) electrons. The van der Waals surface area contributed by atoms with Crippen molar-refractivity contribution in [3.63, 3.8) is 0 Å². The van der Waals surface area contributed by atoms with E-state index in [1.807, 2.05) is 24.3 Å². The van der Waals surface area contributed by atoms with E-state index in [1.54, 1.807) is 23.8 Å². The van der Waals surface area contributed by atoms with Crippen LogP contribution in [0.4, 0.5) is 0 Å². The Morgan fingerprint density at radius 2 is 2.17 bits per heavy atom. The Balaban J connectivity index is 1.73. The van der Waals surface area contributed by atoms with Crippen LogP contribution in [0.3, 0.4) is 0 Å². The molecule has 1 saturated heterocycles. The number of amides is 1. The second-order valence-electron chi connectivity index (χ2n) is 5.63. The average Bonchev–Trinajstić information content (AvgIpc) is 2.59. The number of methoxy groups -OCH3 is 1. The summed E-state index contributed by atoms with van der Waals surface area (Å²) in [5.41, 5.74) is 1.12. The fraction of sp³-hybridized carbons (Fsp3) is 0.529. The second kappa shape index (κ2) is 8.82. The van der Waals surface area contributed by atoms with Gasteiger partial charge in [0.2, 0.25) is 5.91 Å². The molecule has 1 heterocycles. The Kier molecular flexibility index (Phi) is 6.77. The van der Waals surface area contributed by atoms with Gasteiger partial charge >= 0.3 is 5.97 Å². The molecule has 1 atom stereocenters. The normalized spacial score (nSPS) is 17.8. The summed E-state index contributed by atoms with van der Waals surface area (Å²) in [5.74, 6) is 1.25. The molecule has 1 aromatic carbocycles. The first-order valence-electron chi connectivity index (χ1n) is 7.82. The Labute approximate surface area is 141 Å². The van der Waals surface area contributed by atoms with Crippen LogP contribution in [0.25, 0.3) is 0 Å². The van der Waals surface area contributed by atoms with Gasteiger partial charge in [-0.3, -0.25) is 9.59 Å². The van der Waals surface area contributed by atoms with Gasteiger partial charge in [-0.05, 0) is 18.9 Å². The van der Waals surface area contributed by atoms with Crippen LogP contribution in [0.5, 0.6) is 5.75 Å². The number of carboxylic acid groups (broad SMARTS) is 1. The number of carbonyl (C=O) groups is 2. The third-order valence-electron chi connectivity index (χ3n) is 4.03. The molecule has 1 unspecified atom stereocenters. The number of nitrogens with zero attached hydrogens (tertiary/aromatic N) is 1. The molecule has 1 aliphatic rings. The Morgan fingerprint density at radius 1 is 1.39 bits per heavy atom. The number of thioether (sulfide) groups is 1. The van der Waals surface area contributed by atoms with Crippen LogP contribution in [0.1, 0.15) is 24.8 Å². The third kappa shape index (κ3) is 5.16. The number of benzene rings is 1. The second-order valence-corrected chi connectivity index (χ2v) is 6.74. The van der Waals surface area contributed by atoms with E-state index in [-0.39, 0.29) is 5.91 Å². The van der Waals surface area contributed by atoms with Crippen molar-refractivity contribution in [2.24, 2.45) is 5.92 Å². The lowest BCUT2D eigenvalue weighted by molar-refractivity contribution is -0.145. The first-order chi connectivity index (χ1) is 11.1. The fourth-order valence-electron chi connectivity index (χ4n) is 2.73. The van der Waals surface area contributed by atoms with Crippen LogP contribution in [0.2, 0.25) is 0 Å². The molecule has 0 spiro atoms. The molecule has 126 valence electrons. The van der Waals surface area contributed by atoms with Gasteiger partial charge in [0.05, 0.1) is 13.0 Å². The van der Waals surface area contributed by atoms with Crippen LogP contribution < -0.4 is 4.74 Å². The summed E-state index contributed by atoms with van der Waals surface area (Å²) in [7, 11) is 1.66. The van der Waals surface area contributed by atoms with Crippen LogP contribution in [-0.2, 0) is 15.3 Å². The molecule has 5 nitrogen and oxygen atoms in total. The van der Waals surface area contributed by atoms with E-state index >= 15 is 0 Å². The van der Waals surface area contributed by atoms with Crippen molar-refractivity contribution in [3.05, 3.63) is 29.8 Å². The van der Waals surface area contributed by atoms with Crippen molar-refractivity contribution in [2.75, 3.05) is 26.0 Å². The molecule has 1 aromatic rings. The van der Waals surface area contributed by atoms with Crippen LogP contribution in [0, 0.1) is 5.92 Å². The molecule has 2 rings (SSSR count). The van der Waals surface area contributed by atoms with E-state index in [1.165, 1.54) is 0 Å². The predicted octanol–water partition coefficient (Wildman–Crippen LogP) is 2.64. The zero-order valence-electron chi connectivity index (χ0n) is 13.4. The number of ether oxygens (including phenoxy) is 1. The number of piperidine rings is 1. The zero-order chi connectivity index (χ0) is 16.7. The lowest BCUT2D eigenvalue weighted by Gasteiger charge is -2.30. The van der Waals surface area contributed by atoms with Gasteiger partial charge in [-0.2, -0.15) is 11.8 Å². The topological polar surface area (TPSA) is 66.8 Å². The maximum atomic E-state index is 12.2. The molecule has 1 aliphatic heterocycles. The number of carbonyl (C=O) groups excluding carboxylic acids is 1. The number of para-hydroxylation sites is 1. The largest absolute Gasteiger partial charge is 0.496 e. The predicted molar refractivity (Wildman–Crippen MR) is 90.7 cm³/mol. The lowest BCUT2D eigenvalue weighted by Crippen LogP contribution is -2.42. The van der Waals surface area contributed by atoms with E-state index in [2.05, 4.69) is 0 Å². The first-order valence-corrected chi connectivity index (χ1v) is 8.97. The van der Waals surface area contributed by atoms with Gasteiger partial charge in [0, 0.05) is 36.6 Å². The van der Waals surface area contributed by atoms with Gasteiger partial charge in [-0.1, -0.05) is 18.2 Å². The highest BCUT2D eigenvalue weighted by Gasteiger charge is 2.27. The van der Waals surface area contributed by atoms with Gasteiger partial charge in [0.15, 0.2) is 0 Å². The van der Waals surface area contributed by atoms with Gasteiger partial charge < -0.3 is 14.7 Å². The number of likely N-dealkylation sites (tertiary alicyclic amines) is 1. The third-order valence-corrected chi connectivity index (χ3v) is 5.04. The van der Waals surface area contributed by atoms with Gasteiger partial charge in [-0.25, -0.2) is 0 Å². The Hall–Kier alpha value is -1.69. The molecule has 1 amide bonds. The molecule has 0 aliphatic carbocycles. The smallest absolute Gasteiger partial charge is 0.308 e. The number of carboxylic acids is 1. The number of hydrogen-bond acceptors (Lipinski definition) is 4. The summed E-state index contributed by atoms with van der Waals surface area (Å²) < 4.78 is 5.31. The first kappa shape index (κ1) is 17.7. The monoisotopic (exact) mass is 337 g/mol. The summed E-state index contributed by atoms with van der Waals surface area (Å²) in [4.78, 5) is 24.9. The van der Waals surface area contributed by atoms with Crippen molar-refractivity contribution in [3.8, 4) is 5.75 Å². The summed E-state index contributed by atoms with van der Waals surface area (Å²) in [6.07, 6.45) is 1.89. The Bertz CT molecular complexity index is 549. The van der Waals surface area contributed by atoms with Gasteiger partial charge in [-0.15, -0.1) is 0 Å². The fourth-order valence-corrected chi connectivity index (χ4v) is 3.65. The van der Waals surface area contributed by atoms with Crippen molar-refractivity contribution in [1.82, 2.24) is 4.90 Å². The van der Waals surface area contributed by atoms with E-state index in [4.69, 9.17) is 9.84 Å². The summed E-state index contributed by atoms with van der Waals surface area (Å²) in [5, 5.41) is 9.07. The SMILES string of the molecule is COc1ccccc1CSCCC(=O)N1CCCC(C(=O)O)C1. The van der Waals surface area contributed by atoms with Gasteiger partial charge in [0.25, 0.3) is 0 Å². The highest BCUT2D eigenvalue weighted by molar-refractivity contribution is 7.98. The molecule has 1 N–H and O–H groups in total. The molecule has 23 heavy (non-hydrogen) atoms. The standard InChI is InChI=1S/C17H23NO4S/c1-22-15-7-3-2-5-14(15)12-23-10-8-16(19)18-9-4-6-13(11-18)17(20)21/h2-3,5,7,13H,4,6,8-12H2,1H3,(H,20,21). The lowest BCUT2D eigenvalue weighted by atomic mass is 9.98. The minimum atomic E-state index is -0.798. The molecule has 0 bridgehead atoms. The van der Waals surface area contributed by atoms with Crippen molar-refractivity contribution in [1.29, 1.82) is 0 Å². The number of aliphatic carboxylic acids is 1. The highest BCUT2D eigenvalue weighted by atomic mass is 32.2. The maximum Gasteiger partial charge on any atom is 0.308 e. The minimum absolute atomic E-state index is 0.0588. The van der Waals surface area contributed by atoms with E-state index in [0.717, 1.165) is 29.2 Å². The molecule has 1 fully saturated rings. The number of rotatable bonds is 7. The van der Waals surface area contributed by atoms with Gasteiger partial charge in [0.1, 0.15) is 5.75 Å². The van der Waals surface area contributed by atoms with E-state index in [0.29, 0.717) is 25.9 Å². The van der Waals surface area contributed by atoms with E-state index < -0.39 is 11.9 Å². The molecular weight excluding hydrogens is 314 g/mol. The average molecular weight is 337 g/mol. The van der Waals surface area contributed by atoms with E-state index in [9.17, 15) is 9.59 Å². The highest BCUT2D eigenvalue weighted by Crippen LogP contribution is 2.23. The summed E-state index contributed by atoms with van der Waals surface area (Å²) >= 11 is 1.69. The molecular formula is C17H23NO4S. The van der Waals surface area contributed by atoms with Crippen molar-refractivity contribution < 1.29 is 19.4 Å². The summed E-state index contributed by atoms with van der Waals surface area (Å²) in [6.45, 7) is 1.03. The van der Waals surface area contributed by atoms with Crippen LogP contribution in [0.15, 0.2) is 24.3 Å². The molecule has 0 saturated carbocycles. The van der Waals surface area contributed by atoms with Crippen LogP contribution in [-0.4, -0.2) is 47.8 Å². The van der Waals surface area contributed by atoms with Crippen molar-refractivity contribution >= 4 is 23.6 Å². The summed E-state index contributed by atoms with van der Waals surface area (Å²) in [6, 6.07) is 7.87. The maximum absolute atomic E-state index is 12.2. The zero-order valence-corrected chi connectivity index (χ0v) is 14.2. The molecule has 0 aromatic heterocycles.